The van der Waals surface area contributed by atoms with Gasteiger partial charge in [-0.15, -0.1) is 12.3 Å². The van der Waals surface area contributed by atoms with E-state index in [1.807, 2.05) is 0 Å². The fourth-order valence-electron chi connectivity index (χ4n) is 1.46. The van der Waals surface area contributed by atoms with E-state index < -0.39 is 0 Å². The Kier molecular flexibility index (Phi) is 4.82. The first kappa shape index (κ1) is 10.8. The zero-order valence-corrected chi connectivity index (χ0v) is 8.72. The topological polar surface area (TPSA) is 12.0 Å². The second-order valence-corrected chi connectivity index (χ2v) is 3.25. The fraction of sp³-hybridized carbons (Fsp3) is 0.385. The molecule has 0 spiro atoms. The molecule has 0 aromatic heterocycles. The molecule has 1 aromatic rings. The molecule has 0 aliphatic carbocycles. The van der Waals surface area contributed by atoms with Crippen molar-refractivity contribution >= 4 is 0 Å². The molecule has 0 radical (unpaired) electrons. The fourth-order valence-corrected chi connectivity index (χ4v) is 1.46. The lowest BCUT2D eigenvalue weighted by molar-refractivity contribution is 0.696. The summed E-state index contributed by atoms with van der Waals surface area (Å²) in [6.07, 6.45) is 7.06. The van der Waals surface area contributed by atoms with Crippen LogP contribution in [-0.2, 0) is 13.0 Å². The number of hydrogen-bond donors (Lipinski definition) is 1. The first-order chi connectivity index (χ1) is 6.88. The van der Waals surface area contributed by atoms with Gasteiger partial charge >= 0.3 is 0 Å². The van der Waals surface area contributed by atoms with Crippen LogP contribution >= 0.6 is 0 Å². The largest absolute Gasteiger partial charge is 0.312 e. The van der Waals surface area contributed by atoms with Crippen molar-refractivity contribution in [3.63, 3.8) is 0 Å². The van der Waals surface area contributed by atoms with Crippen molar-refractivity contribution in [1.29, 1.82) is 0 Å². The summed E-state index contributed by atoms with van der Waals surface area (Å²) in [5.74, 6) is 2.62. The van der Waals surface area contributed by atoms with Crippen molar-refractivity contribution in [2.24, 2.45) is 0 Å². The van der Waals surface area contributed by atoms with Crippen molar-refractivity contribution in [2.75, 3.05) is 6.54 Å². The van der Waals surface area contributed by atoms with Crippen molar-refractivity contribution in [3.05, 3.63) is 35.4 Å². The van der Waals surface area contributed by atoms with Gasteiger partial charge < -0.3 is 5.32 Å². The highest BCUT2D eigenvalue weighted by Gasteiger charge is 1.97. The van der Waals surface area contributed by atoms with Crippen LogP contribution in [0.1, 0.15) is 24.5 Å². The Balaban J connectivity index is 2.46. The molecule has 1 heteroatoms. The lowest BCUT2D eigenvalue weighted by atomic mass is 10.1. The molecule has 0 saturated carbocycles. The Bertz CT molecular complexity index is 309. The molecular weight excluding hydrogens is 170 g/mol. The molecule has 74 valence electrons. The van der Waals surface area contributed by atoms with E-state index in [4.69, 9.17) is 6.42 Å². The summed E-state index contributed by atoms with van der Waals surface area (Å²) in [6, 6.07) is 8.51. The third-order valence-electron chi connectivity index (χ3n) is 2.26. The first-order valence-electron chi connectivity index (χ1n) is 5.09. The molecule has 14 heavy (non-hydrogen) atoms. The van der Waals surface area contributed by atoms with Gasteiger partial charge in [0, 0.05) is 19.5 Å². The molecule has 0 heterocycles. The molecular formula is C13H17N. The summed E-state index contributed by atoms with van der Waals surface area (Å²) in [7, 11) is 0. The molecule has 0 aliphatic rings. The van der Waals surface area contributed by atoms with Gasteiger partial charge in [-0.25, -0.2) is 0 Å². The maximum atomic E-state index is 5.17. The SMILES string of the molecule is C#CCCNCc1ccccc1CC. The molecule has 1 nitrogen and oxygen atoms in total. The van der Waals surface area contributed by atoms with Crippen molar-refractivity contribution in [3.8, 4) is 12.3 Å². The number of aryl methyl sites for hydroxylation is 1. The lowest BCUT2D eigenvalue weighted by Crippen LogP contribution is -2.15. The monoisotopic (exact) mass is 187 g/mol. The quantitative estimate of drug-likeness (QED) is 0.551. The molecule has 0 fully saturated rings. The summed E-state index contributed by atoms with van der Waals surface area (Å²) >= 11 is 0. The minimum Gasteiger partial charge on any atom is -0.312 e. The summed E-state index contributed by atoms with van der Waals surface area (Å²) in [4.78, 5) is 0. The van der Waals surface area contributed by atoms with Crippen LogP contribution < -0.4 is 5.32 Å². The van der Waals surface area contributed by atoms with Gasteiger partial charge in [0.25, 0.3) is 0 Å². The summed E-state index contributed by atoms with van der Waals surface area (Å²) < 4.78 is 0. The average molecular weight is 187 g/mol. The number of benzene rings is 1. The molecule has 0 unspecified atom stereocenters. The third-order valence-corrected chi connectivity index (χ3v) is 2.26. The predicted molar refractivity (Wildman–Crippen MR) is 61.0 cm³/mol. The minimum absolute atomic E-state index is 0.800. The molecule has 1 N–H and O–H groups in total. The van der Waals surface area contributed by atoms with E-state index in [1.54, 1.807) is 0 Å². The van der Waals surface area contributed by atoms with E-state index in [9.17, 15) is 0 Å². The maximum Gasteiger partial charge on any atom is 0.0212 e. The lowest BCUT2D eigenvalue weighted by Gasteiger charge is -2.07. The molecule has 0 saturated heterocycles. The van der Waals surface area contributed by atoms with Gasteiger partial charge in [-0.2, -0.15) is 0 Å². The normalized spacial score (nSPS) is 9.71. The van der Waals surface area contributed by atoms with Crippen LogP contribution in [-0.4, -0.2) is 6.54 Å². The highest BCUT2D eigenvalue weighted by molar-refractivity contribution is 5.26. The van der Waals surface area contributed by atoms with E-state index in [1.165, 1.54) is 11.1 Å². The van der Waals surface area contributed by atoms with Crippen LogP contribution in [0.2, 0.25) is 0 Å². The van der Waals surface area contributed by atoms with Crippen molar-refractivity contribution in [1.82, 2.24) is 5.32 Å². The highest BCUT2D eigenvalue weighted by atomic mass is 14.8. The highest BCUT2D eigenvalue weighted by Crippen LogP contribution is 2.08. The van der Waals surface area contributed by atoms with E-state index in [2.05, 4.69) is 42.4 Å². The second kappa shape index (κ2) is 6.23. The van der Waals surface area contributed by atoms with Crippen LogP contribution in [0.25, 0.3) is 0 Å². The molecule has 0 amide bonds. The Morgan fingerprint density at radius 2 is 2.00 bits per heavy atom. The summed E-state index contributed by atoms with van der Waals surface area (Å²) in [6.45, 7) is 4.00. The average Bonchev–Trinajstić information content (AvgIpc) is 2.25. The molecule has 0 bridgehead atoms. The van der Waals surface area contributed by atoms with E-state index >= 15 is 0 Å². The minimum atomic E-state index is 0.800. The van der Waals surface area contributed by atoms with Gasteiger partial charge in [0.05, 0.1) is 0 Å². The van der Waals surface area contributed by atoms with E-state index in [-0.39, 0.29) is 0 Å². The number of terminal acetylenes is 1. The smallest absolute Gasteiger partial charge is 0.0212 e. The third kappa shape index (κ3) is 3.24. The number of rotatable bonds is 5. The Morgan fingerprint density at radius 1 is 1.29 bits per heavy atom. The Morgan fingerprint density at radius 3 is 2.64 bits per heavy atom. The molecule has 1 rings (SSSR count). The molecule has 0 atom stereocenters. The van der Waals surface area contributed by atoms with Crippen molar-refractivity contribution < 1.29 is 0 Å². The standard InChI is InChI=1S/C13H17N/c1-3-5-10-14-11-13-9-7-6-8-12(13)4-2/h1,6-9,14H,4-5,10-11H2,2H3. The van der Waals surface area contributed by atoms with Crippen LogP contribution in [0.5, 0.6) is 0 Å². The van der Waals surface area contributed by atoms with E-state index in [0.717, 1.165) is 25.9 Å². The Hall–Kier alpha value is -1.26. The van der Waals surface area contributed by atoms with Gasteiger partial charge in [-0.3, -0.25) is 0 Å². The Labute approximate surface area is 86.5 Å². The zero-order valence-electron chi connectivity index (χ0n) is 8.72. The number of hydrogen-bond acceptors (Lipinski definition) is 1. The van der Waals surface area contributed by atoms with Gasteiger partial charge in [-0.05, 0) is 17.5 Å². The van der Waals surface area contributed by atoms with Crippen LogP contribution in [0, 0.1) is 12.3 Å². The second-order valence-electron chi connectivity index (χ2n) is 3.25. The van der Waals surface area contributed by atoms with Crippen LogP contribution in [0.3, 0.4) is 0 Å². The van der Waals surface area contributed by atoms with E-state index in [0.29, 0.717) is 0 Å². The molecule has 1 aromatic carbocycles. The summed E-state index contributed by atoms with van der Waals surface area (Å²) in [5.41, 5.74) is 2.80. The summed E-state index contributed by atoms with van der Waals surface area (Å²) in [5, 5.41) is 3.33. The van der Waals surface area contributed by atoms with Gasteiger partial charge in [-0.1, -0.05) is 31.2 Å². The molecule has 0 aliphatic heterocycles. The van der Waals surface area contributed by atoms with Gasteiger partial charge in [0.1, 0.15) is 0 Å². The van der Waals surface area contributed by atoms with Crippen molar-refractivity contribution in [2.45, 2.75) is 26.3 Å². The van der Waals surface area contributed by atoms with Gasteiger partial charge in [0.15, 0.2) is 0 Å². The number of nitrogens with one attached hydrogen (secondary N) is 1. The van der Waals surface area contributed by atoms with Crippen LogP contribution in [0.4, 0.5) is 0 Å². The van der Waals surface area contributed by atoms with Crippen LogP contribution in [0.15, 0.2) is 24.3 Å². The predicted octanol–water partition coefficient (Wildman–Crippen LogP) is 2.36. The van der Waals surface area contributed by atoms with Gasteiger partial charge in [0.2, 0.25) is 0 Å². The maximum absolute atomic E-state index is 5.17. The zero-order chi connectivity index (χ0) is 10.2. The first-order valence-corrected chi connectivity index (χ1v) is 5.09.